The first-order valence-corrected chi connectivity index (χ1v) is 12.0. The summed E-state index contributed by atoms with van der Waals surface area (Å²) in [5.74, 6) is 0.289. The van der Waals surface area contributed by atoms with E-state index >= 15 is 0 Å². The average molecular weight is 420 g/mol. The molecule has 0 aromatic carbocycles. The van der Waals surface area contributed by atoms with E-state index in [-0.39, 0.29) is 23.3 Å². The summed E-state index contributed by atoms with van der Waals surface area (Å²) in [5, 5.41) is 3.15. The van der Waals surface area contributed by atoms with E-state index in [0.717, 1.165) is 37.1 Å². The Balaban J connectivity index is 1.46. The molecule has 1 saturated carbocycles. The minimum absolute atomic E-state index is 0.00421. The highest BCUT2D eigenvalue weighted by molar-refractivity contribution is 7.88. The van der Waals surface area contributed by atoms with Crippen molar-refractivity contribution in [3.63, 3.8) is 0 Å². The lowest BCUT2D eigenvalue weighted by molar-refractivity contribution is -0.133. The highest BCUT2D eigenvalue weighted by atomic mass is 32.2. The molecule has 156 valence electrons. The van der Waals surface area contributed by atoms with Gasteiger partial charge in [-0.25, -0.2) is 22.2 Å². The molecule has 1 atom stereocenters. The van der Waals surface area contributed by atoms with E-state index in [4.69, 9.17) is 0 Å². The summed E-state index contributed by atoms with van der Waals surface area (Å²) in [6.07, 6.45) is 5.36. The fourth-order valence-corrected chi connectivity index (χ4v) is 5.39. The van der Waals surface area contributed by atoms with Crippen LogP contribution in [0.1, 0.15) is 48.6 Å². The molecule has 2 aliphatic heterocycles. The third-order valence-corrected chi connectivity index (χ3v) is 7.58. The van der Waals surface area contributed by atoms with Crippen LogP contribution in [0.2, 0.25) is 0 Å². The van der Waals surface area contributed by atoms with Crippen molar-refractivity contribution >= 4 is 21.6 Å². The van der Waals surface area contributed by atoms with Crippen LogP contribution in [0.25, 0.3) is 5.65 Å². The van der Waals surface area contributed by atoms with Crippen LogP contribution in [0.3, 0.4) is 0 Å². The van der Waals surface area contributed by atoms with Crippen molar-refractivity contribution in [2.75, 3.05) is 25.9 Å². The number of piperidine rings is 1. The molecular formula is C19H25N5O4S. The van der Waals surface area contributed by atoms with Crippen LogP contribution in [0.5, 0.6) is 0 Å². The van der Waals surface area contributed by atoms with Crippen LogP contribution < -0.4 is 5.56 Å². The van der Waals surface area contributed by atoms with Gasteiger partial charge in [0.1, 0.15) is 0 Å². The highest BCUT2D eigenvalue weighted by Gasteiger charge is 2.36. The van der Waals surface area contributed by atoms with E-state index in [9.17, 15) is 18.0 Å². The summed E-state index contributed by atoms with van der Waals surface area (Å²) in [7, 11) is -3.24. The molecule has 2 fully saturated rings. The lowest BCUT2D eigenvalue weighted by Gasteiger charge is -2.30. The zero-order valence-electron chi connectivity index (χ0n) is 16.4. The maximum atomic E-state index is 13.1. The molecule has 0 radical (unpaired) electrons. The number of aromatic nitrogens is 3. The van der Waals surface area contributed by atoms with Crippen molar-refractivity contribution in [2.24, 2.45) is 5.92 Å². The summed E-state index contributed by atoms with van der Waals surface area (Å²) in [5.41, 5.74) is 2.57. The third-order valence-electron chi connectivity index (χ3n) is 6.31. The lowest BCUT2D eigenvalue weighted by atomic mass is 9.96. The van der Waals surface area contributed by atoms with Crippen molar-refractivity contribution < 1.29 is 13.2 Å². The van der Waals surface area contributed by atoms with E-state index in [1.807, 2.05) is 6.07 Å². The molecule has 2 aromatic heterocycles. The smallest absolute Gasteiger partial charge is 0.277 e. The molecule has 1 aliphatic carbocycles. The summed E-state index contributed by atoms with van der Waals surface area (Å²) >= 11 is 0. The first kappa shape index (κ1) is 18.8. The Bertz CT molecular complexity index is 1150. The summed E-state index contributed by atoms with van der Waals surface area (Å²) in [4.78, 5) is 32.0. The molecule has 10 heteroatoms. The van der Waals surface area contributed by atoms with Gasteiger partial charge in [0.15, 0.2) is 5.65 Å². The number of amides is 1. The Labute approximate surface area is 168 Å². The maximum absolute atomic E-state index is 13.1. The van der Waals surface area contributed by atoms with Crippen LogP contribution in [-0.4, -0.2) is 64.0 Å². The number of carbonyl (C=O) groups is 1. The third kappa shape index (κ3) is 3.38. The number of hydrogen-bond acceptors (Lipinski definition) is 5. The molecule has 1 amide bonds. The largest absolute Gasteiger partial charge is 0.337 e. The number of hydrogen-bond donors (Lipinski definition) is 1. The van der Waals surface area contributed by atoms with Crippen molar-refractivity contribution in [2.45, 2.75) is 44.6 Å². The predicted molar refractivity (Wildman–Crippen MR) is 106 cm³/mol. The first-order chi connectivity index (χ1) is 13.8. The molecule has 0 bridgehead atoms. The van der Waals surface area contributed by atoms with Crippen LogP contribution in [0.15, 0.2) is 10.9 Å². The van der Waals surface area contributed by atoms with Gasteiger partial charge in [-0.3, -0.25) is 14.7 Å². The summed E-state index contributed by atoms with van der Waals surface area (Å²) in [6, 6.07) is 1.86. The van der Waals surface area contributed by atoms with E-state index in [2.05, 4.69) is 10.1 Å². The van der Waals surface area contributed by atoms with Gasteiger partial charge in [0.2, 0.25) is 15.9 Å². The van der Waals surface area contributed by atoms with Gasteiger partial charge in [-0.15, -0.1) is 0 Å². The van der Waals surface area contributed by atoms with Crippen LogP contribution in [0.4, 0.5) is 0 Å². The van der Waals surface area contributed by atoms with Gasteiger partial charge in [0.25, 0.3) is 5.56 Å². The minimum Gasteiger partial charge on any atom is -0.337 e. The monoisotopic (exact) mass is 419 g/mol. The molecule has 1 saturated heterocycles. The SMILES string of the molecule is CS(=O)(=O)N1CCC[C@@H](c2cc3nc4c(c(=O)n3[nH]2)CN(C(=O)C2CC2)CC4)C1. The molecule has 2 aromatic rings. The van der Waals surface area contributed by atoms with Gasteiger partial charge < -0.3 is 4.90 Å². The molecule has 0 spiro atoms. The van der Waals surface area contributed by atoms with Crippen LogP contribution >= 0.6 is 0 Å². The summed E-state index contributed by atoms with van der Waals surface area (Å²) < 4.78 is 26.8. The Morgan fingerprint density at radius 1 is 1.24 bits per heavy atom. The second kappa shape index (κ2) is 6.66. The van der Waals surface area contributed by atoms with Gasteiger partial charge >= 0.3 is 0 Å². The molecule has 29 heavy (non-hydrogen) atoms. The number of aromatic amines is 1. The molecule has 1 N–H and O–H groups in total. The second-order valence-electron chi connectivity index (χ2n) is 8.49. The Hall–Kier alpha value is -2.20. The Morgan fingerprint density at radius 3 is 2.76 bits per heavy atom. The number of H-pyrrole nitrogens is 1. The lowest BCUT2D eigenvalue weighted by Crippen LogP contribution is -2.41. The normalized spacial score (nSPS) is 23.3. The highest BCUT2D eigenvalue weighted by Crippen LogP contribution is 2.32. The number of rotatable bonds is 3. The minimum atomic E-state index is -3.24. The quantitative estimate of drug-likeness (QED) is 0.778. The zero-order valence-corrected chi connectivity index (χ0v) is 17.2. The predicted octanol–water partition coefficient (Wildman–Crippen LogP) is 0.456. The number of carbonyl (C=O) groups excluding carboxylic acids is 1. The van der Waals surface area contributed by atoms with Crippen LogP contribution in [-0.2, 0) is 27.8 Å². The molecular weight excluding hydrogens is 394 g/mol. The van der Waals surface area contributed by atoms with Gasteiger partial charge in [-0.2, -0.15) is 0 Å². The Morgan fingerprint density at radius 2 is 2.03 bits per heavy atom. The van der Waals surface area contributed by atoms with Crippen molar-refractivity contribution in [1.82, 2.24) is 23.8 Å². The molecule has 5 rings (SSSR count). The Kier molecular flexibility index (Phi) is 4.32. The van der Waals surface area contributed by atoms with E-state index in [0.29, 0.717) is 43.8 Å². The number of sulfonamides is 1. The average Bonchev–Trinajstić information content (AvgIpc) is 3.46. The molecule has 0 unspecified atom stereocenters. The second-order valence-corrected chi connectivity index (χ2v) is 10.5. The van der Waals surface area contributed by atoms with Gasteiger partial charge in [-0.05, 0) is 25.7 Å². The first-order valence-electron chi connectivity index (χ1n) is 10.2. The van der Waals surface area contributed by atoms with E-state index in [1.165, 1.54) is 15.1 Å². The molecule has 9 nitrogen and oxygen atoms in total. The number of nitrogens with zero attached hydrogens (tertiary/aromatic N) is 4. The van der Waals surface area contributed by atoms with E-state index in [1.54, 1.807) is 4.90 Å². The number of nitrogens with one attached hydrogen (secondary N) is 1. The molecule has 4 heterocycles. The summed E-state index contributed by atoms with van der Waals surface area (Å²) in [6.45, 7) is 1.87. The van der Waals surface area contributed by atoms with Crippen molar-refractivity contribution in [3.8, 4) is 0 Å². The van der Waals surface area contributed by atoms with Crippen molar-refractivity contribution in [1.29, 1.82) is 0 Å². The fourth-order valence-electron chi connectivity index (χ4n) is 4.48. The molecule has 3 aliphatic rings. The van der Waals surface area contributed by atoms with Gasteiger partial charge in [0, 0.05) is 49.7 Å². The van der Waals surface area contributed by atoms with E-state index < -0.39 is 10.0 Å². The van der Waals surface area contributed by atoms with Crippen LogP contribution in [0, 0.1) is 5.92 Å². The standard InChI is InChI=1S/C19H25N5O4S/c1-29(27,28)23-7-2-3-13(10-23)16-9-17-20-15-6-8-22(18(25)12-4-5-12)11-14(15)19(26)24(17)21-16/h9,12-13,21H,2-8,10-11H2,1H3/t13-/m1/s1. The fraction of sp³-hybridized carbons (Fsp3) is 0.632. The maximum Gasteiger partial charge on any atom is 0.277 e. The van der Waals surface area contributed by atoms with Gasteiger partial charge in [0.05, 0.1) is 24.1 Å². The number of fused-ring (bicyclic) bond motifs is 2. The van der Waals surface area contributed by atoms with Gasteiger partial charge in [-0.1, -0.05) is 0 Å². The topological polar surface area (TPSA) is 108 Å². The van der Waals surface area contributed by atoms with Crippen molar-refractivity contribution in [3.05, 3.63) is 33.4 Å². The zero-order chi connectivity index (χ0) is 20.3.